The number of carbonyl (C=O) groups excluding carboxylic acids is 1. The smallest absolute Gasteiger partial charge is 0.252 e. The third-order valence-corrected chi connectivity index (χ3v) is 3.53. The Morgan fingerprint density at radius 2 is 2.32 bits per heavy atom. The van der Waals surface area contributed by atoms with E-state index in [4.69, 9.17) is 5.73 Å². The third-order valence-electron chi connectivity index (χ3n) is 3.53. The number of anilines is 1. The first-order valence-corrected chi connectivity index (χ1v) is 6.83. The van der Waals surface area contributed by atoms with E-state index < -0.39 is 5.91 Å². The molecular weight excluding hydrogens is 240 g/mol. The van der Waals surface area contributed by atoms with Gasteiger partial charge in [-0.15, -0.1) is 0 Å². The predicted molar refractivity (Wildman–Crippen MR) is 76.4 cm³/mol. The second kappa shape index (κ2) is 6.02. The number of pyridine rings is 1. The number of rotatable bonds is 4. The lowest BCUT2D eigenvalue weighted by atomic mass is 10.0. The van der Waals surface area contributed by atoms with Crippen LogP contribution in [0, 0.1) is 13.8 Å². The number of aryl methyl sites for hydroxylation is 2. The van der Waals surface area contributed by atoms with Crippen molar-refractivity contribution in [1.29, 1.82) is 0 Å². The van der Waals surface area contributed by atoms with Crippen molar-refractivity contribution in [3.05, 3.63) is 23.0 Å². The van der Waals surface area contributed by atoms with Crippen LogP contribution >= 0.6 is 0 Å². The van der Waals surface area contributed by atoms with Crippen LogP contribution in [-0.4, -0.2) is 30.0 Å². The van der Waals surface area contributed by atoms with Crippen molar-refractivity contribution in [2.75, 3.05) is 18.4 Å². The molecule has 1 aromatic heterocycles. The maximum Gasteiger partial charge on any atom is 0.252 e. The molecule has 104 valence electrons. The maximum atomic E-state index is 11.5. The molecule has 1 fully saturated rings. The first kappa shape index (κ1) is 13.8. The summed E-state index contributed by atoms with van der Waals surface area (Å²) in [5, 5.41) is 6.82. The largest absolute Gasteiger partial charge is 0.383 e. The average molecular weight is 262 g/mol. The summed E-state index contributed by atoms with van der Waals surface area (Å²) in [6.07, 6.45) is 3.68. The summed E-state index contributed by atoms with van der Waals surface area (Å²) >= 11 is 0. The monoisotopic (exact) mass is 262 g/mol. The van der Waals surface area contributed by atoms with Crippen molar-refractivity contribution in [3.8, 4) is 0 Å². The third kappa shape index (κ3) is 3.44. The summed E-state index contributed by atoms with van der Waals surface area (Å²) < 4.78 is 0. The number of primary amides is 1. The lowest BCUT2D eigenvalue weighted by molar-refractivity contribution is 0.1000. The maximum absolute atomic E-state index is 11.5. The van der Waals surface area contributed by atoms with Crippen LogP contribution in [0.15, 0.2) is 6.07 Å². The van der Waals surface area contributed by atoms with Gasteiger partial charge in [0.15, 0.2) is 0 Å². The highest BCUT2D eigenvalue weighted by Crippen LogP contribution is 2.19. The molecule has 5 heteroatoms. The average Bonchev–Trinajstić information content (AvgIpc) is 2.36. The summed E-state index contributed by atoms with van der Waals surface area (Å²) in [5.74, 6) is -0.427. The molecule has 0 aromatic carbocycles. The van der Waals surface area contributed by atoms with Gasteiger partial charge in [-0.2, -0.15) is 0 Å². The minimum Gasteiger partial charge on any atom is -0.383 e. The number of nitrogens with zero attached hydrogens (tertiary/aromatic N) is 1. The minimum atomic E-state index is -0.427. The van der Waals surface area contributed by atoms with Crippen LogP contribution in [-0.2, 0) is 0 Å². The van der Waals surface area contributed by atoms with Crippen molar-refractivity contribution in [2.24, 2.45) is 5.73 Å². The van der Waals surface area contributed by atoms with E-state index in [1.165, 1.54) is 19.3 Å². The Balaban J connectivity index is 2.12. The molecule has 0 spiro atoms. The number of piperidine rings is 1. The molecule has 4 N–H and O–H groups in total. The van der Waals surface area contributed by atoms with Gasteiger partial charge in [-0.25, -0.2) is 0 Å². The van der Waals surface area contributed by atoms with Gasteiger partial charge in [0, 0.05) is 18.3 Å². The number of amides is 1. The van der Waals surface area contributed by atoms with Gasteiger partial charge in [0.2, 0.25) is 0 Å². The zero-order valence-electron chi connectivity index (χ0n) is 11.6. The SMILES string of the molecule is Cc1cc(NCC2CCCCN2)c(C(N)=O)c(C)n1. The lowest BCUT2D eigenvalue weighted by Gasteiger charge is -2.24. The highest BCUT2D eigenvalue weighted by atomic mass is 16.1. The van der Waals surface area contributed by atoms with Crippen LogP contribution in [0.5, 0.6) is 0 Å². The van der Waals surface area contributed by atoms with E-state index in [0.717, 1.165) is 24.5 Å². The van der Waals surface area contributed by atoms with E-state index in [1.807, 2.05) is 19.9 Å². The van der Waals surface area contributed by atoms with Crippen LogP contribution in [0.2, 0.25) is 0 Å². The normalized spacial score (nSPS) is 19.2. The van der Waals surface area contributed by atoms with Crippen LogP contribution in [0.4, 0.5) is 5.69 Å². The molecular formula is C14H22N4O. The Morgan fingerprint density at radius 3 is 2.95 bits per heavy atom. The minimum absolute atomic E-state index is 0.427. The molecule has 0 saturated carbocycles. The van der Waals surface area contributed by atoms with Crippen LogP contribution in [0.25, 0.3) is 0 Å². The van der Waals surface area contributed by atoms with Crippen LogP contribution < -0.4 is 16.4 Å². The highest BCUT2D eigenvalue weighted by Gasteiger charge is 2.16. The van der Waals surface area contributed by atoms with E-state index in [1.54, 1.807) is 0 Å². The number of hydrogen-bond acceptors (Lipinski definition) is 4. The summed E-state index contributed by atoms with van der Waals surface area (Å²) in [4.78, 5) is 15.8. The van der Waals surface area contributed by atoms with Gasteiger partial charge in [0.1, 0.15) is 0 Å². The number of nitrogens with one attached hydrogen (secondary N) is 2. The molecule has 0 bridgehead atoms. The van der Waals surface area contributed by atoms with E-state index in [9.17, 15) is 4.79 Å². The molecule has 19 heavy (non-hydrogen) atoms. The molecule has 1 amide bonds. The molecule has 1 aliphatic heterocycles. The molecule has 1 atom stereocenters. The van der Waals surface area contributed by atoms with Crippen LogP contribution in [0.3, 0.4) is 0 Å². The van der Waals surface area contributed by atoms with Gasteiger partial charge >= 0.3 is 0 Å². The Bertz CT molecular complexity index is 467. The van der Waals surface area contributed by atoms with Gasteiger partial charge in [-0.1, -0.05) is 6.42 Å². The number of nitrogens with two attached hydrogens (primary N) is 1. The van der Waals surface area contributed by atoms with Gasteiger partial charge in [-0.3, -0.25) is 9.78 Å². The quantitative estimate of drug-likeness (QED) is 0.765. The molecule has 5 nitrogen and oxygen atoms in total. The van der Waals surface area contributed by atoms with Crippen molar-refractivity contribution in [2.45, 2.75) is 39.2 Å². The Kier molecular flexibility index (Phi) is 4.37. The fraction of sp³-hybridized carbons (Fsp3) is 0.571. The molecule has 1 aliphatic rings. The van der Waals surface area contributed by atoms with Gasteiger partial charge in [-0.05, 0) is 39.3 Å². The fourth-order valence-electron chi connectivity index (χ4n) is 2.61. The predicted octanol–water partition coefficient (Wildman–Crippen LogP) is 1.35. The molecule has 2 rings (SSSR count). The number of aromatic nitrogens is 1. The Labute approximate surface area is 114 Å². The van der Waals surface area contributed by atoms with E-state index >= 15 is 0 Å². The van der Waals surface area contributed by atoms with Crippen LogP contribution in [0.1, 0.15) is 41.0 Å². The van der Waals surface area contributed by atoms with E-state index in [0.29, 0.717) is 17.3 Å². The standard InChI is InChI=1S/C14H22N4O/c1-9-7-12(13(14(15)19)10(2)18-9)17-8-11-5-3-4-6-16-11/h7,11,16H,3-6,8H2,1-2H3,(H2,15,19)(H,17,18). The van der Waals surface area contributed by atoms with Crippen molar-refractivity contribution in [1.82, 2.24) is 10.3 Å². The van der Waals surface area contributed by atoms with Crippen molar-refractivity contribution in [3.63, 3.8) is 0 Å². The van der Waals surface area contributed by atoms with Crippen molar-refractivity contribution >= 4 is 11.6 Å². The summed E-state index contributed by atoms with van der Waals surface area (Å²) in [5.41, 5.74) is 8.31. The fourth-order valence-corrected chi connectivity index (χ4v) is 2.61. The summed E-state index contributed by atoms with van der Waals surface area (Å²) in [6.45, 7) is 5.62. The summed E-state index contributed by atoms with van der Waals surface area (Å²) in [6, 6.07) is 2.35. The molecule has 0 radical (unpaired) electrons. The molecule has 1 aromatic rings. The first-order chi connectivity index (χ1) is 9.08. The van der Waals surface area contributed by atoms with Gasteiger partial charge in [0.25, 0.3) is 5.91 Å². The van der Waals surface area contributed by atoms with Gasteiger partial charge in [0.05, 0.1) is 16.9 Å². The Morgan fingerprint density at radius 1 is 1.53 bits per heavy atom. The molecule has 0 aliphatic carbocycles. The number of hydrogen-bond donors (Lipinski definition) is 3. The highest BCUT2D eigenvalue weighted by molar-refractivity contribution is 5.99. The first-order valence-electron chi connectivity index (χ1n) is 6.83. The zero-order valence-corrected chi connectivity index (χ0v) is 11.6. The number of carbonyl (C=O) groups is 1. The molecule has 1 saturated heterocycles. The molecule has 2 heterocycles. The topological polar surface area (TPSA) is 80.0 Å². The Hall–Kier alpha value is -1.62. The zero-order chi connectivity index (χ0) is 13.8. The second-order valence-electron chi connectivity index (χ2n) is 5.16. The van der Waals surface area contributed by atoms with Crippen molar-refractivity contribution < 1.29 is 4.79 Å². The second-order valence-corrected chi connectivity index (χ2v) is 5.16. The van der Waals surface area contributed by atoms with E-state index in [-0.39, 0.29) is 0 Å². The summed E-state index contributed by atoms with van der Waals surface area (Å²) in [7, 11) is 0. The van der Waals surface area contributed by atoms with E-state index in [2.05, 4.69) is 15.6 Å². The van der Waals surface area contributed by atoms with Gasteiger partial charge < -0.3 is 16.4 Å². The lowest BCUT2D eigenvalue weighted by Crippen LogP contribution is -2.39. The molecule has 1 unspecified atom stereocenters.